The maximum Gasteiger partial charge on any atom is 0.257 e. The number of aromatic nitrogens is 2. The molecule has 0 unspecified atom stereocenters. The number of hydrogen-bond acceptors (Lipinski definition) is 6. The monoisotopic (exact) mass is 650 g/mol. The average Bonchev–Trinajstić information content (AvgIpc) is 3.11. The van der Waals surface area contributed by atoms with Crippen molar-refractivity contribution in [3.05, 3.63) is 89.0 Å². The standard InChI is InChI=1S/C40H54N6O2/c1-30-36(31(2)42-29-41-30)37(47)43-26-20-40(5,21-27-43)45-24-18-35(19-25-45)46(28-32-12-8-6-9-13-32)34-16-14-33(15-17-34)39(3,4)38(48)44-22-10-7-11-23-44/h6,8-9,12-17,29,35H,7,10-11,18-28H2,1-5H3. The maximum absolute atomic E-state index is 13.5. The van der Waals surface area contributed by atoms with E-state index in [0.717, 1.165) is 101 Å². The van der Waals surface area contributed by atoms with Gasteiger partial charge in [0.15, 0.2) is 0 Å². The van der Waals surface area contributed by atoms with E-state index >= 15 is 0 Å². The van der Waals surface area contributed by atoms with Crippen molar-refractivity contribution in [1.29, 1.82) is 0 Å². The van der Waals surface area contributed by atoms with Gasteiger partial charge in [-0.3, -0.25) is 14.5 Å². The molecule has 0 bridgehead atoms. The second-order valence-corrected chi connectivity index (χ2v) is 15.1. The summed E-state index contributed by atoms with van der Waals surface area (Å²) >= 11 is 0. The summed E-state index contributed by atoms with van der Waals surface area (Å²) in [5, 5.41) is 0. The minimum absolute atomic E-state index is 0.0631. The van der Waals surface area contributed by atoms with Gasteiger partial charge >= 0.3 is 0 Å². The second-order valence-electron chi connectivity index (χ2n) is 15.1. The van der Waals surface area contributed by atoms with Crippen molar-refractivity contribution < 1.29 is 9.59 Å². The van der Waals surface area contributed by atoms with E-state index in [9.17, 15) is 9.59 Å². The number of likely N-dealkylation sites (tertiary alicyclic amines) is 3. The Kier molecular flexibility index (Phi) is 10.2. The van der Waals surface area contributed by atoms with E-state index in [2.05, 4.69) is 100 Å². The first-order chi connectivity index (χ1) is 23.1. The van der Waals surface area contributed by atoms with Crippen molar-refractivity contribution in [1.82, 2.24) is 24.7 Å². The Labute approximate surface area is 287 Å². The summed E-state index contributed by atoms with van der Waals surface area (Å²) in [7, 11) is 0. The van der Waals surface area contributed by atoms with Crippen LogP contribution in [0.2, 0.25) is 0 Å². The molecular weight excluding hydrogens is 596 g/mol. The number of benzene rings is 2. The lowest BCUT2D eigenvalue weighted by Crippen LogP contribution is -2.58. The van der Waals surface area contributed by atoms with Gasteiger partial charge in [-0.05, 0) is 103 Å². The Morgan fingerprint density at radius 2 is 1.42 bits per heavy atom. The van der Waals surface area contributed by atoms with Crippen LogP contribution in [0.25, 0.3) is 0 Å². The van der Waals surface area contributed by atoms with Crippen LogP contribution in [0.5, 0.6) is 0 Å². The molecule has 3 aliphatic rings. The molecule has 3 aromatic rings. The Balaban J connectivity index is 1.12. The van der Waals surface area contributed by atoms with Gasteiger partial charge in [-0.1, -0.05) is 42.5 Å². The van der Waals surface area contributed by atoms with E-state index in [0.29, 0.717) is 11.6 Å². The minimum Gasteiger partial charge on any atom is -0.364 e. The summed E-state index contributed by atoms with van der Waals surface area (Å²) in [6, 6.07) is 20.0. The van der Waals surface area contributed by atoms with Crippen LogP contribution in [0.15, 0.2) is 60.9 Å². The molecule has 6 rings (SSSR count). The van der Waals surface area contributed by atoms with Crippen LogP contribution in [0, 0.1) is 13.8 Å². The molecule has 2 aromatic carbocycles. The van der Waals surface area contributed by atoms with E-state index in [1.165, 1.54) is 24.0 Å². The van der Waals surface area contributed by atoms with Crippen LogP contribution in [-0.2, 0) is 16.8 Å². The molecule has 2 amide bonds. The predicted molar refractivity (Wildman–Crippen MR) is 192 cm³/mol. The van der Waals surface area contributed by atoms with Crippen molar-refractivity contribution in [3.8, 4) is 0 Å². The zero-order chi connectivity index (χ0) is 33.9. The molecule has 8 heteroatoms. The minimum atomic E-state index is -0.548. The fraction of sp³-hybridized carbons (Fsp3) is 0.550. The van der Waals surface area contributed by atoms with Crippen LogP contribution >= 0.6 is 0 Å². The third-order valence-corrected chi connectivity index (χ3v) is 11.5. The van der Waals surface area contributed by atoms with Gasteiger partial charge in [0.1, 0.15) is 6.33 Å². The van der Waals surface area contributed by atoms with Crippen LogP contribution in [-0.4, -0.2) is 87.3 Å². The molecule has 3 aliphatic heterocycles. The smallest absolute Gasteiger partial charge is 0.257 e. The number of hydrogen-bond donors (Lipinski definition) is 0. The molecule has 3 fully saturated rings. The maximum atomic E-state index is 13.5. The van der Waals surface area contributed by atoms with Gasteiger partial charge in [-0.25, -0.2) is 9.97 Å². The van der Waals surface area contributed by atoms with Crippen LogP contribution in [0.3, 0.4) is 0 Å². The van der Waals surface area contributed by atoms with Crippen molar-refractivity contribution in [2.24, 2.45) is 0 Å². The lowest BCUT2D eigenvalue weighted by molar-refractivity contribution is -0.137. The molecule has 4 heterocycles. The van der Waals surface area contributed by atoms with Gasteiger partial charge in [0.05, 0.1) is 22.4 Å². The molecule has 1 aromatic heterocycles. The summed E-state index contributed by atoms with van der Waals surface area (Å²) in [5.74, 6) is 0.305. The van der Waals surface area contributed by atoms with E-state index in [1.807, 2.05) is 18.7 Å². The first kappa shape index (κ1) is 34.1. The van der Waals surface area contributed by atoms with Gasteiger partial charge in [0.25, 0.3) is 5.91 Å². The number of anilines is 1. The van der Waals surface area contributed by atoms with Crippen molar-refractivity contribution in [2.75, 3.05) is 44.2 Å². The number of rotatable bonds is 8. The molecule has 0 spiro atoms. The largest absolute Gasteiger partial charge is 0.364 e. The predicted octanol–water partition coefficient (Wildman–Crippen LogP) is 6.55. The van der Waals surface area contributed by atoms with Crippen molar-refractivity contribution >= 4 is 17.5 Å². The van der Waals surface area contributed by atoms with Crippen molar-refractivity contribution in [3.63, 3.8) is 0 Å². The summed E-state index contributed by atoms with van der Waals surface area (Å²) < 4.78 is 0. The highest BCUT2D eigenvalue weighted by molar-refractivity contribution is 5.96. The number of nitrogens with zero attached hydrogens (tertiary/aromatic N) is 6. The number of piperidine rings is 3. The molecule has 0 atom stereocenters. The number of amides is 2. The quantitative estimate of drug-likeness (QED) is 0.276. The molecule has 0 N–H and O–H groups in total. The first-order valence-corrected chi connectivity index (χ1v) is 18.1. The van der Waals surface area contributed by atoms with E-state index in [1.54, 1.807) is 0 Å². The summed E-state index contributed by atoms with van der Waals surface area (Å²) in [4.78, 5) is 44.9. The van der Waals surface area contributed by atoms with Gasteiger partial charge < -0.3 is 14.7 Å². The Morgan fingerprint density at radius 1 is 0.812 bits per heavy atom. The topological polar surface area (TPSA) is 72.9 Å². The molecule has 0 radical (unpaired) electrons. The Hall–Kier alpha value is -3.78. The fourth-order valence-electron chi connectivity index (χ4n) is 8.18. The van der Waals surface area contributed by atoms with E-state index < -0.39 is 5.41 Å². The highest BCUT2D eigenvalue weighted by Crippen LogP contribution is 2.35. The highest BCUT2D eigenvalue weighted by Gasteiger charge is 2.40. The third-order valence-electron chi connectivity index (χ3n) is 11.5. The van der Waals surface area contributed by atoms with Gasteiger partial charge in [-0.2, -0.15) is 0 Å². The third kappa shape index (κ3) is 7.14. The molecule has 8 nitrogen and oxygen atoms in total. The Morgan fingerprint density at radius 3 is 2.02 bits per heavy atom. The van der Waals surface area contributed by atoms with Gasteiger partial charge in [0, 0.05) is 63.1 Å². The average molecular weight is 651 g/mol. The Bertz CT molecular complexity index is 1530. The molecule has 48 heavy (non-hydrogen) atoms. The normalized spacial score (nSPS) is 19.3. The molecule has 0 saturated carbocycles. The van der Waals surface area contributed by atoms with E-state index in [4.69, 9.17) is 0 Å². The highest BCUT2D eigenvalue weighted by atomic mass is 16.2. The van der Waals surface area contributed by atoms with Crippen LogP contribution < -0.4 is 4.90 Å². The lowest BCUT2D eigenvalue weighted by Gasteiger charge is -2.50. The second kappa shape index (κ2) is 14.4. The first-order valence-electron chi connectivity index (χ1n) is 18.1. The molecule has 0 aliphatic carbocycles. The zero-order valence-corrected chi connectivity index (χ0v) is 29.8. The van der Waals surface area contributed by atoms with Gasteiger partial charge in [-0.15, -0.1) is 0 Å². The lowest BCUT2D eigenvalue weighted by atomic mass is 9.82. The summed E-state index contributed by atoms with van der Waals surface area (Å²) in [6.07, 6.45) is 9.08. The number of carbonyl (C=O) groups is 2. The SMILES string of the molecule is Cc1ncnc(C)c1C(=O)N1CCC(C)(N2CCC(N(Cc3ccccc3)c3ccc(C(C)(C)C(=O)N4CCCCC4)cc3)CC2)CC1. The van der Waals surface area contributed by atoms with Crippen LogP contribution in [0.4, 0.5) is 5.69 Å². The number of aryl methyl sites for hydroxylation is 2. The van der Waals surface area contributed by atoms with Gasteiger partial charge in [0.2, 0.25) is 5.91 Å². The molecule has 256 valence electrons. The van der Waals surface area contributed by atoms with E-state index in [-0.39, 0.29) is 17.4 Å². The summed E-state index contributed by atoms with van der Waals surface area (Å²) in [5.41, 5.74) is 5.31. The van der Waals surface area contributed by atoms with Crippen LogP contribution in [0.1, 0.15) is 98.6 Å². The zero-order valence-electron chi connectivity index (χ0n) is 29.8. The van der Waals surface area contributed by atoms with Crippen molar-refractivity contribution in [2.45, 2.75) is 103 Å². The number of carbonyl (C=O) groups excluding carboxylic acids is 2. The summed E-state index contributed by atoms with van der Waals surface area (Å²) in [6.45, 7) is 16.6. The molecular formula is C40H54N6O2. The molecule has 3 saturated heterocycles. The fourth-order valence-corrected chi connectivity index (χ4v) is 8.18.